The van der Waals surface area contributed by atoms with Crippen LogP contribution in [0.25, 0.3) is 0 Å². The van der Waals surface area contributed by atoms with Crippen LogP contribution in [0.3, 0.4) is 0 Å². The van der Waals surface area contributed by atoms with Gasteiger partial charge in [-0.05, 0) is 55.1 Å². The van der Waals surface area contributed by atoms with Crippen LogP contribution in [0.15, 0.2) is 48.5 Å². The lowest BCUT2D eigenvalue weighted by Gasteiger charge is -2.36. The maximum atomic E-state index is 12.7. The molecular weight excluding hydrogens is 414 g/mol. The molecule has 0 spiro atoms. The van der Waals surface area contributed by atoms with Gasteiger partial charge < -0.3 is 14.4 Å². The number of carbonyl (C=O) groups is 1. The Morgan fingerprint density at radius 1 is 1.03 bits per heavy atom. The standard InChI is InChI=1S/C27H35N3O3/c1-21(2)27(20-28,23-11-12-24(32-3)25(19-23)33-4)13-8-14-29-15-17-30(18-16-29)26(31)22-9-6-5-7-10-22/h5-7,9-12,19,21H,8,13-18H2,1-4H3/t27-/m1/s1. The number of nitriles is 1. The molecule has 0 aromatic heterocycles. The van der Waals surface area contributed by atoms with E-state index in [0.717, 1.165) is 56.7 Å². The third-order valence-electron chi connectivity index (χ3n) is 6.81. The van der Waals surface area contributed by atoms with Crippen LogP contribution in [0.2, 0.25) is 0 Å². The van der Waals surface area contributed by atoms with Gasteiger partial charge in [0.05, 0.1) is 25.7 Å². The van der Waals surface area contributed by atoms with Crippen molar-refractivity contribution in [2.24, 2.45) is 5.92 Å². The molecular formula is C27H35N3O3. The maximum absolute atomic E-state index is 12.7. The lowest BCUT2D eigenvalue weighted by molar-refractivity contribution is 0.0633. The van der Waals surface area contributed by atoms with Gasteiger partial charge in [-0.1, -0.05) is 38.1 Å². The van der Waals surface area contributed by atoms with Crippen LogP contribution in [0.4, 0.5) is 0 Å². The van der Waals surface area contributed by atoms with Gasteiger partial charge in [-0.3, -0.25) is 9.69 Å². The highest BCUT2D eigenvalue weighted by Gasteiger charge is 2.36. The molecule has 2 aromatic carbocycles. The molecule has 0 bridgehead atoms. The molecule has 1 saturated heterocycles. The number of piperazine rings is 1. The van der Waals surface area contributed by atoms with E-state index in [0.29, 0.717) is 11.5 Å². The van der Waals surface area contributed by atoms with E-state index < -0.39 is 5.41 Å². The van der Waals surface area contributed by atoms with Gasteiger partial charge in [-0.15, -0.1) is 0 Å². The molecule has 0 N–H and O–H groups in total. The summed E-state index contributed by atoms with van der Waals surface area (Å²) in [6.07, 6.45) is 1.67. The summed E-state index contributed by atoms with van der Waals surface area (Å²) in [4.78, 5) is 17.0. The Morgan fingerprint density at radius 2 is 1.70 bits per heavy atom. The zero-order chi connectivity index (χ0) is 23.8. The number of ether oxygens (including phenoxy) is 2. The summed E-state index contributed by atoms with van der Waals surface area (Å²) < 4.78 is 10.9. The normalized spacial score (nSPS) is 16.2. The fourth-order valence-electron chi connectivity index (χ4n) is 4.65. The topological polar surface area (TPSA) is 65.8 Å². The third kappa shape index (κ3) is 5.48. The maximum Gasteiger partial charge on any atom is 0.253 e. The summed E-state index contributed by atoms with van der Waals surface area (Å²) in [5.41, 5.74) is 1.12. The smallest absolute Gasteiger partial charge is 0.253 e. The summed E-state index contributed by atoms with van der Waals surface area (Å²) in [5, 5.41) is 10.3. The van der Waals surface area contributed by atoms with Gasteiger partial charge in [0.1, 0.15) is 0 Å². The Labute approximate surface area is 197 Å². The average Bonchev–Trinajstić information content (AvgIpc) is 2.86. The highest BCUT2D eigenvalue weighted by atomic mass is 16.5. The Balaban J connectivity index is 1.60. The van der Waals surface area contributed by atoms with Crippen molar-refractivity contribution in [3.8, 4) is 17.6 Å². The lowest BCUT2D eigenvalue weighted by Crippen LogP contribution is -2.49. The van der Waals surface area contributed by atoms with E-state index in [9.17, 15) is 10.1 Å². The second-order valence-electron chi connectivity index (χ2n) is 8.91. The number of benzene rings is 2. The van der Waals surface area contributed by atoms with Crippen LogP contribution in [-0.4, -0.2) is 62.7 Å². The second kappa shape index (κ2) is 11.2. The van der Waals surface area contributed by atoms with Crippen molar-refractivity contribution < 1.29 is 14.3 Å². The number of nitrogens with zero attached hydrogens (tertiary/aromatic N) is 3. The minimum Gasteiger partial charge on any atom is -0.493 e. The predicted molar refractivity (Wildman–Crippen MR) is 130 cm³/mol. The zero-order valence-electron chi connectivity index (χ0n) is 20.2. The van der Waals surface area contributed by atoms with Crippen molar-refractivity contribution in [2.75, 3.05) is 46.9 Å². The molecule has 3 rings (SSSR count). The molecule has 1 aliphatic rings. The number of carbonyl (C=O) groups excluding carboxylic acids is 1. The minimum atomic E-state index is -0.593. The summed E-state index contributed by atoms with van der Waals surface area (Å²) >= 11 is 0. The predicted octanol–water partition coefficient (Wildman–Crippen LogP) is 4.36. The number of methoxy groups -OCH3 is 2. The molecule has 0 unspecified atom stereocenters. The van der Waals surface area contributed by atoms with Crippen LogP contribution in [0, 0.1) is 17.2 Å². The van der Waals surface area contributed by atoms with E-state index in [1.807, 2.05) is 53.4 Å². The van der Waals surface area contributed by atoms with E-state index in [1.165, 1.54) is 0 Å². The largest absolute Gasteiger partial charge is 0.493 e. The number of hydrogen-bond acceptors (Lipinski definition) is 5. The first-order valence-corrected chi connectivity index (χ1v) is 11.7. The molecule has 0 aliphatic carbocycles. The Morgan fingerprint density at radius 3 is 2.27 bits per heavy atom. The molecule has 1 aliphatic heterocycles. The first-order valence-electron chi connectivity index (χ1n) is 11.7. The van der Waals surface area contributed by atoms with E-state index >= 15 is 0 Å². The van der Waals surface area contributed by atoms with Crippen molar-refractivity contribution in [1.82, 2.24) is 9.80 Å². The summed E-state index contributed by atoms with van der Waals surface area (Å²) in [5.74, 6) is 1.57. The van der Waals surface area contributed by atoms with E-state index in [1.54, 1.807) is 14.2 Å². The van der Waals surface area contributed by atoms with E-state index in [-0.39, 0.29) is 11.8 Å². The van der Waals surface area contributed by atoms with Crippen molar-refractivity contribution in [1.29, 1.82) is 5.26 Å². The van der Waals surface area contributed by atoms with E-state index in [4.69, 9.17) is 9.47 Å². The quantitative estimate of drug-likeness (QED) is 0.569. The monoisotopic (exact) mass is 449 g/mol. The van der Waals surface area contributed by atoms with Gasteiger partial charge in [0.25, 0.3) is 5.91 Å². The molecule has 6 nitrogen and oxygen atoms in total. The molecule has 0 saturated carbocycles. The average molecular weight is 450 g/mol. The summed E-state index contributed by atoms with van der Waals surface area (Å²) in [6.45, 7) is 8.30. The SMILES string of the molecule is COc1ccc([C@@](C#N)(CCCN2CCN(C(=O)c3ccccc3)CC2)C(C)C)cc1OC. The van der Waals surface area contributed by atoms with Crippen LogP contribution >= 0.6 is 0 Å². The van der Waals surface area contributed by atoms with E-state index in [2.05, 4.69) is 24.8 Å². The molecule has 2 aromatic rings. The fraction of sp³-hybridized carbons (Fsp3) is 0.481. The van der Waals surface area contributed by atoms with Crippen molar-refractivity contribution in [3.63, 3.8) is 0 Å². The lowest BCUT2D eigenvalue weighted by atomic mass is 9.69. The first kappa shape index (κ1) is 24.6. The van der Waals surface area contributed by atoms with Crippen LogP contribution in [0.1, 0.15) is 42.6 Å². The summed E-state index contributed by atoms with van der Waals surface area (Å²) in [7, 11) is 3.23. The second-order valence-corrected chi connectivity index (χ2v) is 8.91. The zero-order valence-corrected chi connectivity index (χ0v) is 20.2. The molecule has 1 heterocycles. The van der Waals surface area contributed by atoms with Crippen LogP contribution in [0.5, 0.6) is 11.5 Å². The Kier molecular flexibility index (Phi) is 8.35. The van der Waals surface area contributed by atoms with Crippen LogP contribution in [-0.2, 0) is 5.41 Å². The molecule has 1 atom stereocenters. The van der Waals surface area contributed by atoms with Gasteiger partial charge >= 0.3 is 0 Å². The van der Waals surface area contributed by atoms with Gasteiger partial charge in [0, 0.05) is 31.7 Å². The fourth-order valence-corrected chi connectivity index (χ4v) is 4.65. The van der Waals surface area contributed by atoms with Crippen molar-refractivity contribution in [2.45, 2.75) is 32.1 Å². The molecule has 1 fully saturated rings. The number of hydrogen-bond donors (Lipinski definition) is 0. The summed E-state index contributed by atoms with van der Waals surface area (Å²) in [6, 6.07) is 17.9. The highest BCUT2D eigenvalue weighted by Crippen LogP contribution is 2.40. The number of rotatable bonds is 9. The Bertz CT molecular complexity index is 962. The molecule has 33 heavy (non-hydrogen) atoms. The highest BCUT2D eigenvalue weighted by molar-refractivity contribution is 5.94. The molecule has 176 valence electrons. The van der Waals surface area contributed by atoms with Gasteiger partial charge in [0.2, 0.25) is 0 Å². The van der Waals surface area contributed by atoms with Gasteiger partial charge in [0.15, 0.2) is 11.5 Å². The first-order chi connectivity index (χ1) is 15.9. The third-order valence-corrected chi connectivity index (χ3v) is 6.81. The van der Waals surface area contributed by atoms with Gasteiger partial charge in [-0.25, -0.2) is 0 Å². The minimum absolute atomic E-state index is 0.104. The van der Waals surface area contributed by atoms with Gasteiger partial charge in [-0.2, -0.15) is 5.26 Å². The van der Waals surface area contributed by atoms with Crippen molar-refractivity contribution >= 4 is 5.91 Å². The molecule has 1 amide bonds. The number of amides is 1. The molecule has 6 heteroatoms. The van der Waals surface area contributed by atoms with Crippen molar-refractivity contribution in [3.05, 3.63) is 59.7 Å². The Hall–Kier alpha value is -3.04. The molecule has 0 radical (unpaired) electrons. The van der Waals surface area contributed by atoms with Crippen LogP contribution < -0.4 is 9.47 Å².